The largest absolute Gasteiger partial charge is 0.494 e. The van der Waals surface area contributed by atoms with Crippen LogP contribution in [0.3, 0.4) is 0 Å². The van der Waals surface area contributed by atoms with E-state index in [4.69, 9.17) is 16.3 Å². The molecule has 1 aliphatic heterocycles. The smallest absolute Gasteiger partial charge is 0.352 e. The highest BCUT2D eigenvalue weighted by atomic mass is 35.5. The number of carboxylic acid groups (broad SMARTS) is 1. The zero-order valence-corrected chi connectivity index (χ0v) is 17.3. The Bertz CT molecular complexity index is 1170. The van der Waals surface area contributed by atoms with Crippen molar-refractivity contribution in [1.82, 2.24) is 9.78 Å². The van der Waals surface area contributed by atoms with E-state index in [9.17, 15) is 14.7 Å². The Balaban J connectivity index is 1.66. The van der Waals surface area contributed by atoms with Crippen LogP contribution < -0.4 is 15.4 Å². The number of carbonyl (C=O) groups excluding carboxylic acids is 1. The predicted octanol–water partition coefficient (Wildman–Crippen LogP) is 4.17. The van der Waals surface area contributed by atoms with Crippen molar-refractivity contribution in [2.45, 2.75) is 13.0 Å². The number of amides is 1. The van der Waals surface area contributed by atoms with Gasteiger partial charge in [-0.05, 0) is 48.9 Å². The van der Waals surface area contributed by atoms with Gasteiger partial charge in [-0.1, -0.05) is 29.8 Å². The summed E-state index contributed by atoms with van der Waals surface area (Å²) >= 11 is 6.34. The van der Waals surface area contributed by atoms with Crippen molar-refractivity contribution in [2.24, 2.45) is 0 Å². The van der Waals surface area contributed by atoms with Crippen molar-refractivity contribution in [3.8, 4) is 5.75 Å². The quantitative estimate of drug-likeness (QED) is 0.533. The molecule has 0 unspecified atom stereocenters. The number of fused-ring (bicyclic) bond motifs is 1. The van der Waals surface area contributed by atoms with Crippen LogP contribution in [0.5, 0.6) is 5.75 Å². The van der Waals surface area contributed by atoms with Crippen molar-refractivity contribution >= 4 is 35.0 Å². The lowest BCUT2D eigenvalue weighted by Gasteiger charge is -2.25. The van der Waals surface area contributed by atoms with E-state index in [1.165, 1.54) is 12.3 Å². The van der Waals surface area contributed by atoms with Gasteiger partial charge in [-0.3, -0.25) is 4.79 Å². The third kappa shape index (κ3) is 4.10. The maximum absolute atomic E-state index is 12.9. The van der Waals surface area contributed by atoms with Crippen molar-refractivity contribution in [1.29, 1.82) is 0 Å². The molecule has 0 saturated carbocycles. The molecule has 1 amide bonds. The SMILES string of the molecule is CCOc1ccc(NC(=O)c2cnn3c2NC(C(=O)O)=C[C@H]3c2ccccc2Cl)cc1. The predicted molar refractivity (Wildman–Crippen MR) is 117 cm³/mol. The van der Waals surface area contributed by atoms with Crippen LogP contribution >= 0.6 is 11.6 Å². The van der Waals surface area contributed by atoms with Crippen LogP contribution in [0.25, 0.3) is 0 Å². The highest BCUT2D eigenvalue weighted by molar-refractivity contribution is 6.31. The molecule has 0 spiro atoms. The maximum atomic E-state index is 12.9. The second-order valence-corrected chi connectivity index (χ2v) is 7.15. The summed E-state index contributed by atoms with van der Waals surface area (Å²) in [5.74, 6) is -0.609. The number of carboxylic acids is 1. The molecule has 0 saturated heterocycles. The molecule has 1 aliphatic rings. The summed E-state index contributed by atoms with van der Waals surface area (Å²) < 4.78 is 6.94. The van der Waals surface area contributed by atoms with Crippen molar-refractivity contribution in [3.05, 3.63) is 82.7 Å². The molecule has 31 heavy (non-hydrogen) atoms. The topological polar surface area (TPSA) is 105 Å². The maximum Gasteiger partial charge on any atom is 0.352 e. The molecule has 0 bridgehead atoms. The molecule has 0 fully saturated rings. The molecule has 2 heterocycles. The Morgan fingerprint density at radius 1 is 1.23 bits per heavy atom. The molecule has 1 aromatic heterocycles. The molecule has 2 aromatic carbocycles. The summed E-state index contributed by atoms with van der Waals surface area (Å²) in [5, 5.41) is 19.9. The summed E-state index contributed by atoms with van der Waals surface area (Å²) in [6, 6.07) is 13.5. The molecule has 0 aliphatic carbocycles. The molecule has 3 N–H and O–H groups in total. The Labute approximate surface area is 183 Å². The summed E-state index contributed by atoms with van der Waals surface area (Å²) in [6.45, 7) is 2.44. The number of ether oxygens (including phenoxy) is 1. The molecular weight excluding hydrogens is 420 g/mol. The van der Waals surface area contributed by atoms with Crippen molar-refractivity contribution in [3.63, 3.8) is 0 Å². The van der Waals surface area contributed by atoms with E-state index >= 15 is 0 Å². The average molecular weight is 439 g/mol. The minimum Gasteiger partial charge on any atom is -0.494 e. The van der Waals surface area contributed by atoms with Crippen LogP contribution in [0, 0.1) is 0 Å². The Kier molecular flexibility index (Phi) is 5.64. The number of anilines is 2. The van der Waals surface area contributed by atoms with Gasteiger partial charge in [0.05, 0.1) is 12.8 Å². The van der Waals surface area contributed by atoms with Gasteiger partial charge in [0.25, 0.3) is 5.91 Å². The molecule has 158 valence electrons. The highest BCUT2D eigenvalue weighted by Crippen LogP contribution is 2.35. The van der Waals surface area contributed by atoms with Gasteiger partial charge in [-0.15, -0.1) is 0 Å². The van der Waals surface area contributed by atoms with Gasteiger partial charge in [0.15, 0.2) is 0 Å². The second-order valence-electron chi connectivity index (χ2n) is 6.74. The van der Waals surface area contributed by atoms with Gasteiger partial charge in [-0.2, -0.15) is 5.10 Å². The van der Waals surface area contributed by atoms with Crippen LogP contribution in [0.4, 0.5) is 11.5 Å². The number of rotatable bonds is 6. The van der Waals surface area contributed by atoms with Crippen LogP contribution in [0.2, 0.25) is 5.02 Å². The first-order chi connectivity index (χ1) is 15.0. The summed E-state index contributed by atoms with van der Waals surface area (Å²) in [7, 11) is 0. The van der Waals surface area contributed by atoms with Crippen molar-refractivity contribution < 1.29 is 19.4 Å². The fourth-order valence-electron chi connectivity index (χ4n) is 3.32. The summed E-state index contributed by atoms with van der Waals surface area (Å²) in [6.07, 6.45) is 2.91. The normalized spacial score (nSPS) is 14.8. The molecule has 3 aromatic rings. The number of aliphatic carboxylic acids is 1. The van der Waals surface area contributed by atoms with E-state index in [0.717, 1.165) is 0 Å². The summed E-state index contributed by atoms with van der Waals surface area (Å²) in [5.41, 5.74) is 1.39. The molecule has 0 radical (unpaired) electrons. The third-order valence-electron chi connectivity index (χ3n) is 4.76. The number of nitrogens with zero attached hydrogens (tertiary/aromatic N) is 2. The molecule has 4 rings (SSSR count). The van der Waals surface area contributed by atoms with E-state index in [2.05, 4.69) is 15.7 Å². The lowest BCUT2D eigenvalue weighted by molar-refractivity contribution is -0.132. The Hall–Kier alpha value is -3.78. The number of hydrogen-bond acceptors (Lipinski definition) is 5. The highest BCUT2D eigenvalue weighted by Gasteiger charge is 2.30. The first kappa shape index (κ1) is 20.5. The zero-order valence-electron chi connectivity index (χ0n) is 16.5. The number of carbonyl (C=O) groups is 2. The number of allylic oxidation sites excluding steroid dienone is 1. The third-order valence-corrected chi connectivity index (χ3v) is 5.10. The summed E-state index contributed by atoms with van der Waals surface area (Å²) in [4.78, 5) is 24.6. The minimum absolute atomic E-state index is 0.0620. The van der Waals surface area contributed by atoms with Crippen LogP contribution in [0.1, 0.15) is 28.9 Å². The number of benzene rings is 2. The zero-order chi connectivity index (χ0) is 22.0. The number of nitrogens with one attached hydrogen (secondary N) is 2. The van der Waals surface area contributed by atoms with Crippen molar-refractivity contribution in [2.75, 3.05) is 17.2 Å². The van der Waals surface area contributed by atoms with Gasteiger partial charge >= 0.3 is 5.97 Å². The van der Waals surface area contributed by atoms with E-state index in [0.29, 0.717) is 28.6 Å². The number of aromatic nitrogens is 2. The van der Waals surface area contributed by atoms with Gasteiger partial charge in [0.1, 0.15) is 28.9 Å². The van der Waals surface area contributed by atoms with E-state index in [1.807, 2.05) is 6.92 Å². The Morgan fingerprint density at radius 3 is 2.65 bits per heavy atom. The second kappa shape index (κ2) is 8.53. The van der Waals surface area contributed by atoms with Gasteiger partial charge in [0, 0.05) is 10.7 Å². The fraction of sp³-hybridized carbons (Fsp3) is 0.136. The average Bonchev–Trinajstić information content (AvgIpc) is 3.19. The van der Waals surface area contributed by atoms with E-state index in [-0.39, 0.29) is 17.1 Å². The monoisotopic (exact) mass is 438 g/mol. The molecule has 8 nitrogen and oxygen atoms in total. The number of hydrogen-bond donors (Lipinski definition) is 3. The van der Waals surface area contributed by atoms with E-state index in [1.54, 1.807) is 53.2 Å². The molecule has 9 heteroatoms. The standard InChI is InChI=1S/C22H19ClN4O4/c1-2-31-14-9-7-13(8-10-14)25-21(28)16-12-24-27-19(15-5-3-4-6-17(15)23)11-18(22(29)30)26-20(16)27/h3-12,19,26H,2H2,1H3,(H,25,28)(H,29,30)/t19-/m0/s1. The lowest BCUT2D eigenvalue weighted by atomic mass is 10.0. The molecule has 1 atom stereocenters. The lowest BCUT2D eigenvalue weighted by Crippen LogP contribution is -2.25. The van der Waals surface area contributed by atoms with Crippen LogP contribution in [-0.4, -0.2) is 33.4 Å². The molecular formula is C22H19ClN4O4. The van der Waals surface area contributed by atoms with Crippen LogP contribution in [0.15, 0.2) is 66.5 Å². The number of halogens is 1. The first-order valence-electron chi connectivity index (χ1n) is 9.56. The first-order valence-corrected chi connectivity index (χ1v) is 9.94. The fourth-order valence-corrected chi connectivity index (χ4v) is 3.57. The van der Waals surface area contributed by atoms with Crippen LogP contribution in [-0.2, 0) is 4.79 Å². The van der Waals surface area contributed by atoms with Gasteiger partial charge in [0.2, 0.25) is 0 Å². The van der Waals surface area contributed by atoms with Gasteiger partial charge < -0.3 is 20.5 Å². The van der Waals surface area contributed by atoms with E-state index < -0.39 is 17.9 Å². The Morgan fingerprint density at radius 2 is 1.97 bits per heavy atom. The minimum atomic E-state index is -1.15. The van der Waals surface area contributed by atoms with Gasteiger partial charge in [-0.25, -0.2) is 9.48 Å².